The van der Waals surface area contributed by atoms with Gasteiger partial charge in [0, 0.05) is 31.3 Å². The van der Waals surface area contributed by atoms with Crippen LogP contribution in [0.1, 0.15) is 18.4 Å². The van der Waals surface area contributed by atoms with Gasteiger partial charge in [0.15, 0.2) is 17.8 Å². The van der Waals surface area contributed by atoms with E-state index in [0.717, 1.165) is 19.1 Å². The van der Waals surface area contributed by atoms with E-state index < -0.39 is 17.5 Å². The van der Waals surface area contributed by atoms with Gasteiger partial charge >= 0.3 is 0 Å². The summed E-state index contributed by atoms with van der Waals surface area (Å²) >= 11 is 6.04. The number of carbonyl (C=O) groups excluding carboxylic acids is 1. The molecule has 2 aromatic rings. The fourth-order valence-electron chi connectivity index (χ4n) is 4.02. The van der Waals surface area contributed by atoms with E-state index in [-0.39, 0.29) is 17.1 Å². The second-order valence-electron chi connectivity index (χ2n) is 7.77. The molecule has 0 saturated carbocycles. The van der Waals surface area contributed by atoms with Crippen molar-refractivity contribution in [3.05, 3.63) is 52.8 Å². The topological polar surface area (TPSA) is 77.2 Å². The van der Waals surface area contributed by atoms with Gasteiger partial charge in [-0.3, -0.25) is 0 Å². The van der Waals surface area contributed by atoms with Crippen LogP contribution in [0.15, 0.2) is 41.4 Å². The van der Waals surface area contributed by atoms with Crippen molar-refractivity contribution < 1.29 is 18.7 Å². The summed E-state index contributed by atoms with van der Waals surface area (Å²) in [6.07, 6.45) is 1.43. The van der Waals surface area contributed by atoms with Crippen LogP contribution < -0.4 is 10.5 Å². The van der Waals surface area contributed by atoms with Crippen LogP contribution in [-0.2, 0) is 15.1 Å². The van der Waals surface area contributed by atoms with Gasteiger partial charge in [-0.2, -0.15) is 0 Å². The third-order valence-electron chi connectivity index (χ3n) is 5.52. The predicted molar refractivity (Wildman–Crippen MR) is 113 cm³/mol. The normalized spacial score (nSPS) is 25.7. The highest BCUT2D eigenvalue weighted by atomic mass is 35.5. The summed E-state index contributed by atoms with van der Waals surface area (Å²) in [6, 6.07) is 9.64. The first-order valence-corrected chi connectivity index (χ1v) is 10.1. The molecule has 0 spiro atoms. The molecule has 3 unspecified atom stereocenters. The number of rotatable bonds is 3. The zero-order valence-corrected chi connectivity index (χ0v) is 17.5. The minimum absolute atomic E-state index is 0.196. The summed E-state index contributed by atoms with van der Waals surface area (Å²) in [7, 11) is 3.50. The molecule has 6 nitrogen and oxygen atoms in total. The van der Waals surface area contributed by atoms with E-state index in [1.54, 1.807) is 37.2 Å². The molecule has 2 aliphatic rings. The molecule has 2 aromatic carbocycles. The number of ether oxygens (including phenoxy) is 2. The highest BCUT2D eigenvalue weighted by molar-refractivity contribution is 6.30. The Kier molecular flexibility index (Phi) is 5.42. The molecule has 1 saturated heterocycles. The van der Waals surface area contributed by atoms with E-state index in [0.29, 0.717) is 29.0 Å². The SMILES string of the molecule is CN(C)C(N)=NC1(C=O)c2cc(-c3cc(F)cc(Cl)c3)ccc2OC2CCCOC21. The standard InChI is InChI=1S/C22H23ClFN3O3/c1-27(2)21(25)26-22(12-28)17-10-13(14-8-15(23)11-16(24)9-14)5-6-18(17)30-19-4-3-7-29-20(19)22/h5-6,8-12,19-20H,3-4,7H2,1-2H3,(H2,25,26). The molecule has 0 radical (unpaired) electrons. The molecule has 0 aliphatic carbocycles. The second kappa shape index (κ2) is 7.89. The molecule has 0 aromatic heterocycles. The molecule has 3 atom stereocenters. The second-order valence-corrected chi connectivity index (χ2v) is 8.20. The first kappa shape index (κ1) is 20.6. The highest BCUT2D eigenvalue weighted by Gasteiger charge is 2.53. The molecule has 0 amide bonds. The Labute approximate surface area is 179 Å². The number of nitrogens with zero attached hydrogens (tertiary/aromatic N) is 2. The Morgan fingerprint density at radius 1 is 1.30 bits per heavy atom. The Hall–Kier alpha value is -2.64. The van der Waals surface area contributed by atoms with Gasteiger partial charge in [0.05, 0.1) is 0 Å². The highest BCUT2D eigenvalue weighted by Crippen LogP contribution is 2.46. The van der Waals surface area contributed by atoms with Crippen LogP contribution in [0.4, 0.5) is 4.39 Å². The van der Waals surface area contributed by atoms with E-state index in [1.165, 1.54) is 12.1 Å². The molecular weight excluding hydrogens is 409 g/mol. The number of aldehydes is 1. The van der Waals surface area contributed by atoms with Crippen molar-refractivity contribution in [1.82, 2.24) is 4.90 Å². The van der Waals surface area contributed by atoms with Gasteiger partial charge in [-0.05, 0) is 54.3 Å². The minimum atomic E-state index is -1.37. The van der Waals surface area contributed by atoms with Crippen LogP contribution in [0.25, 0.3) is 11.1 Å². The van der Waals surface area contributed by atoms with E-state index in [1.807, 2.05) is 6.07 Å². The molecular formula is C22H23ClFN3O3. The fourth-order valence-corrected chi connectivity index (χ4v) is 4.24. The van der Waals surface area contributed by atoms with E-state index in [4.69, 9.17) is 26.8 Å². The maximum atomic E-state index is 13.9. The Morgan fingerprint density at radius 3 is 2.80 bits per heavy atom. The zero-order valence-electron chi connectivity index (χ0n) is 16.8. The summed E-state index contributed by atoms with van der Waals surface area (Å²) in [5, 5.41) is 0.283. The molecule has 158 valence electrons. The van der Waals surface area contributed by atoms with Crippen LogP contribution in [0.2, 0.25) is 5.02 Å². The van der Waals surface area contributed by atoms with Gasteiger partial charge in [-0.1, -0.05) is 17.7 Å². The number of aliphatic imine (C=N–C) groups is 1. The summed E-state index contributed by atoms with van der Waals surface area (Å²) < 4.78 is 26.1. The Morgan fingerprint density at radius 2 is 2.10 bits per heavy atom. The smallest absolute Gasteiger partial charge is 0.192 e. The number of hydrogen-bond acceptors (Lipinski definition) is 4. The first-order chi connectivity index (χ1) is 14.3. The van der Waals surface area contributed by atoms with Crippen LogP contribution in [0.3, 0.4) is 0 Å². The number of hydrogen-bond donors (Lipinski definition) is 1. The van der Waals surface area contributed by atoms with Crippen molar-refractivity contribution in [2.24, 2.45) is 10.7 Å². The average Bonchev–Trinajstić information content (AvgIpc) is 2.72. The lowest BCUT2D eigenvalue weighted by Crippen LogP contribution is -2.56. The summed E-state index contributed by atoms with van der Waals surface area (Å²) in [5.41, 5.74) is 6.55. The maximum Gasteiger partial charge on any atom is 0.192 e. The van der Waals surface area contributed by atoms with Gasteiger partial charge in [0.1, 0.15) is 23.8 Å². The van der Waals surface area contributed by atoms with Crippen LogP contribution in [0.5, 0.6) is 5.75 Å². The number of fused-ring (bicyclic) bond motifs is 2. The molecule has 0 bridgehead atoms. The van der Waals surface area contributed by atoms with Gasteiger partial charge in [-0.25, -0.2) is 9.38 Å². The maximum absolute atomic E-state index is 13.9. The van der Waals surface area contributed by atoms with Crippen molar-refractivity contribution in [3.63, 3.8) is 0 Å². The largest absolute Gasteiger partial charge is 0.487 e. The number of halogens is 2. The molecule has 2 aliphatic heterocycles. The summed E-state index contributed by atoms with van der Waals surface area (Å²) in [6.45, 7) is 0.506. The lowest BCUT2D eigenvalue weighted by molar-refractivity contribution is -0.137. The molecule has 2 heterocycles. The number of nitrogens with two attached hydrogens (primary N) is 1. The lowest BCUT2D eigenvalue weighted by Gasteiger charge is -2.45. The van der Waals surface area contributed by atoms with E-state index in [9.17, 15) is 9.18 Å². The fraction of sp³-hybridized carbons (Fsp3) is 0.364. The van der Waals surface area contributed by atoms with Crippen LogP contribution >= 0.6 is 11.6 Å². The quantitative estimate of drug-likeness (QED) is 0.458. The van der Waals surface area contributed by atoms with Crippen molar-refractivity contribution in [3.8, 4) is 16.9 Å². The Balaban J connectivity index is 1.93. The third kappa shape index (κ3) is 3.52. The van der Waals surface area contributed by atoms with Crippen molar-refractivity contribution in [1.29, 1.82) is 0 Å². The average molecular weight is 432 g/mol. The van der Waals surface area contributed by atoms with Gasteiger partial charge in [-0.15, -0.1) is 0 Å². The molecule has 8 heteroatoms. The molecule has 2 N–H and O–H groups in total. The summed E-state index contributed by atoms with van der Waals surface area (Å²) in [4.78, 5) is 18.9. The van der Waals surface area contributed by atoms with Crippen molar-refractivity contribution >= 4 is 23.8 Å². The Bertz CT molecular complexity index is 993. The van der Waals surface area contributed by atoms with Gasteiger partial charge in [0.2, 0.25) is 0 Å². The zero-order chi connectivity index (χ0) is 21.5. The first-order valence-electron chi connectivity index (χ1n) is 9.72. The van der Waals surface area contributed by atoms with Gasteiger partial charge < -0.3 is 24.9 Å². The van der Waals surface area contributed by atoms with Crippen LogP contribution in [-0.4, -0.2) is 50.1 Å². The minimum Gasteiger partial charge on any atom is -0.487 e. The van der Waals surface area contributed by atoms with Crippen molar-refractivity contribution in [2.45, 2.75) is 30.6 Å². The van der Waals surface area contributed by atoms with Crippen molar-refractivity contribution in [2.75, 3.05) is 20.7 Å². The molecule has 4 rings (SSSR count). The molecule has 1 fully saturated rings. The van der Waals surface area contributed by atoms with E-state index >= 15 is 0 Å². The monoisotopic (exact) mass is 431 g/mol. The van der Waals surface area contributed by atoms with Gasteiger partial charge in [0.25, 0.3) is 0 Å². The number of carbonyl (C=O) groups is 1. The number of benzene rings is 2. The summed E-state index contributed by atoms with van der Waals surface area (Å²) in [5.74, 6) is 0.288. The lowest BCUT2D eigenvalue weighted by atomic mass is 9.78. The third-order valence-corrected chi connectivity index (χ3v) is 5.74. The molecule has 30 heavy (non-hydrogen) atoms. The van der Waals surface area contributed by atoms with Crippen LogP contribution in [0, 0.1) is 5.82 Å². The predicted octanol–water partition coefficient (Wildman–Crippen LogP) is 3.36. The number of guanidine groups is 1. The van der Waals surface area contributed by atoms with E-state index in [2.05, 4.69) is 4.99 Å².